The van der Waals surface area contributed by atoms with Crippen molar-refractivity contribution in [2.45, 2.75) is 25.9 Å². The number of halogens is 1. The van der Waals surface area contributed by atoms with E-state index in [0.29, 0.717) is 17.7 Å². The number of hydrogen-bond acceptors (Lipinski definition) is 4. The minimum absolute atomic E-state index is 0.0420. The number of nitrogens with zero attached hydrogens (tertiary/aromatic N) is 1. The van der Waals surface area contributed by atoms with Crippen LogP contribution in [0.4, 0.5) is 11.4 Å². The molecule has 1 aliphatic heterocycles. The molecule has 1 amide bonds. The highest BCUT2D eigenvalue weighted by Gasteiger charge is 2.28. The predicted octanol–water partition coefficient (Wildman–Crippen LogP) is 7.03. The van der Waals surface area contributed by atoms with Crippen LogP contribution in [0.2, 0.25) is 0 Å². The van der Waals surface area contributed by atoms with Crippen molar-refractivity contribution in [3.05, 3.63) is 129 Å². The lowest BCUT2D eigenvalue weighted by Gasteiger charge is -2.18. The fourth-order valence-corrected chi connectivity index (χ4v) is 5.27. The maximum atomic E-state index is 13.3. The summed E-state index contributed by atoms with van der Waals surface area (Å²) in [5, 5.41) is 15.6. The zero-order valence-corrected chi connectivity index (χ0v) is 23.7. The molecule has 0 saturated heterocycles. The molecule has 0 bridgehead atoms. The molecule has 0 aromatic heterocycles. The van der Waals surface area contributed by atoms with E-state index in [0.717, 1.165) is 45.6 Å². The van der Waals surface area contributed by atoms with Crippen molar-refractivity contribution in [2.24, 2.45) is 0 Å². The molecule has 3 N–H and O–H groups in total. The maximum absolute atomic E-state index is 13.3. The van der Waals surface area contributed by atoms with E-state index in [2.05, 4.69) is 74.9 Å². The molecule has 6 nitrogen and oxygen atoms in total. The van der Waals surface area contributed by atoms with Crippen molar-refractivity contribution in [3.8, 4) is 0 Å². The topological polar surface area (TPSA) is 81.7 Å². The molecule has 202 valence electrons. The lowest BCUT2D eigenvalue weighted by molar-refractivity contribution is -0.137. The van der Waals surface area contributed by atoms with Crippen LogP contribution in [0, 0.1) is 0 Å². The molecule has 0 unspecified atom stereocenters. The molecule has 40 heavy (non-hydrogen) atoms. The van der Waals surface area contributed by atoms with Gasteiger partial charge in [0.05, 0.1) is 17.0 Å². The van der Waals surface area contributed by atoms with Gasteiger partial charge in [0.25, 0.3) is 5.91 Å². The smallest absolute Gasteiger partial charge is 0.303 e. The number of aryl methyl sites for hydroxylation is 1. The largest absolute Gasteiger partial charge is 0.481 e. The Bertz CT molecular complexity index is 1570. The van der Waals surface area contributed by atoms with Crippen molar-refractivity contribution in [2.75, 3.05) is 17.7 Å². The quantitative estimate of drug-likeness (QED) is 0.171. The molecule has 5 rings (SSSR count). The number of hydrogen-bond donors (Lipinski definition) is 3. The summed E-state index contributed by atoms with van der Waals surface area (Å²) in [5.74, 6) is -1.03. The first kappa shape index (κ1) is 27.4. The Kier molecular flexibility index (Phi) is 8.43. The van der Waals surface area contributed by atoms with Crippen LogP contribution in [0.15, 0.2) is 102 Å². The summed E-state index contributed by atoms with van der Waals surface area (Å²) >= 11 is 3.49. The van der Waals surface area contributed by atoms with E-state index in [-0.39, 0.29) is 12.3 Å². The highest BCUT2D eigenvalue weighted by Crippen LogP contribution is 2.39. The van der Waals surface area contributed by atoms with Crippen LogP contribution in [-0.4, -0.2) is 28.9 Å². The van der Waals surface area contributed by atoms with Gasteiger partial charge in [0.15, 0.2) is 0 Å². The van der Waals surface area contributed by atoms with Crippen molar-refractivity contribution in [3.63, 3.8) is 0 Å². The third-order valence-corrected chi connectivity index (χ3v) is 7.28. The standard InChI is InChI=1S/C33H30BrN3O3/c1-37(20-23-6-3-2-4-7-23)21-24-10-14-27(15-11-24)35-32(25-9-5-8-22(18-25)12-17-30(38)39)31-28-16-13-26(34)19-29(28)36-33(31)40/h2-11,13-16,18-19,35H,12,17,20-21H2,1H3,(H,36,40)(H,38,39)/b32-31-. The minimum Gasteiger partial charge on any atom is -0.481 e. The van der Waals surface area contributed by atoms with E-state index in [1.807, 2.05) is 60.7 Å². The number of carboxylic acids is 1. The van der Waals surface area contributed by atoms with Crippen molar-refractivity contribution in [1.82, 2.24) is 4.90 Å². The van der Waals surface area contributed by atoms with Crippen LogP contribution in [0.1, 0.15) is 34.2 Å². The van der Waals surface area contributed by atoms with Gasteiger partial charge in [-0.2, -0.15) is 0 Å². The van der Waals surface area contributed by atoms with Crippen LogP contribution < -0.4 is 10.6 Å². The number of carboxylic acid groups (broad SMARTS) is 1. The van der Waals surface area contributed by atoms with Gasteiger partial charge in [-0.1, -0.05) is 82.7 Å². The van der Waals surface area contributed by atoms with Crippen LogP contribution in [0.25, 0.3) is 11.3 Å². The first-order valence-electron chi connectivity index (χ1n) is 13.1. The third-order valence-electron chi connectivity index (χ3n) is 6.79. The van der Waals surface area contributed by atoms with E-state index in [4.69, 9.17) is 5.11 Å². The molecule has 0 radical (unpaired) electrons. The van der Waals surface area contributed by atoms with E-state index in [1.165, 1.54) is 11.1 Å². The zero-order chi connectivity index (χ0) is 28.1. The first-order valence-corrected chi connectivity index (χ1v) is 13.9. The Hall–Kier alpha value is -4.20. The molecular weight excluding hydrogens is 566 g/mol. The Morgan fingerprint density at radius 2 is 1.57 bits per heavy atom. The number of fused-ring (bicyclic) bond motifs is 1. The molecule has 1 heterocycles. The third kappa shape index (κ3) is 6.68. The van der Waals surface area contributed by atoms with Gasteiger partial charge in [0.2, 0.25) is 0 Å². The summed E-state index contributed by atoms with van der Waals surface area (Å²) in [7, 11) is 2.10. The Labute approximate surface area is 242 Å². The lowest BCUT2D eigenvalue weighted by atomic mass is 9.97. The number of rotatable bonds is 10. The van der Waals surface area contributed by atoms with Gasteiger partial charge < -0.3 is 15.7 Å². The second-order valence-electron chi connectivity index (χ2n) is 9.97. The normalized spacial score (nSPS) is 13.6. The van der Waals surface area contributed by atoms with Crippen LogP contribution >= 0.6 is 15.9 Å². The summed E-state index contributed by atoms with van der Waals surface area (Å²) in [6.07, 6.45) is 0.451. The van der Waals surface area contributed by atoms with Gasteiger partial charge in [-0.3, -0.25) is 14.5 Å². The number of anilines is 2. The highest BCUT2D eigenvalue weighted by atomic mass is 79.9. The summed E-state index contributed by atoms with van der Waals surface area (Å²) in [6.45, 7) is 1.67. The second-order valence-corrected chi connectivity index (χ2v) is 10.9. The molecule has 4 aromatic carbocycles. The predicted molar refractivity (Wildman–Crippen MR) is 164 cm³/mol. The second kappa shape index (κ2) is 12.3. The van der Waals surface area contributed by atoms with E-state index < -0.39 is 5.97 Å². The molecule has 0 spiro atoms. The van der Waals surface area contributed by atoms with Crippen LogP contribution in [-0.2, 0) is 29.1 Å². The Balaban J connectivity index is 1.44. The number of carbonyl (C=O) groups excluding carboxylic acids is 1. The van der Waals surface area contributed by atoms with E-state index >= 15 is 0 Å². The SMILES string of the molecule is CN(Cc1ccccc1)Cc1ccc(N/C(=C2\C(=O)Nc3cc(Br)ccc32)c2cccc(CCC(=O)O)c2)cc1. The Morgan fingerprint density at radius 1 is 0.875 bits per heavy atom. The summed E-state index contributed by atoms with van der Waals surface area (Å²) < 4.78 is 0.880. The van der Waals surface area contributed by atoms with Gasteiger partial charge in [-0.05, 0) is 66.1 Å². The van der Waals surface area contributed by atoms with Crippen molar-refractivity contribution in [1.29, 1.82) is 0 Å². The fourth-order valence-electron chi connectivity index (χ4n) is 4.91. The molecular formula is C33H30BrN3O3. The first-order chi connectivity index (χ1) is 19.4. The van der Waals surface area contributed by atoms with E-state index in [1.54, 1.807) is 0 Å². The average molecular weight is 597 g/mol. The highest BCUT2D eigenvalue weighted by molar-refractivity contribution is 9.10. The minimum atomic E-state index is -0.841. The van der Waals surface area contributed by atoms with Crippen molar-refractivity contribution >= 4 is 50.5 Å². The molecule has 0 atom stereocenters. The molecule has 1 aliphatic rings. The summed E-state index contributed by atoms with van der Waals surface area (Å²) in [5.41, 5.74) is 7.79. The number of carbonyl (C=O) groups is 2. The van der Waals surface area contributed by atoms with Gasteiger partial charge in [0, 0.05) is 35.2 Å². The Morgan fingerprint density at radius 3 is 2.30 bits per heavy atom. The van der Waals surface area contributed by atoms with E-state index in [9.17, 15) is 9.59 Å². The zero-order valence-electron chi connectivity index (χ0n) is 22.2. The molecule has 7 heteroatoms. The lowest BCUT2D eigenvalue weighted by Crippen LogP contribution is -2.17. The van der Waals surface area contributed by atoms with Gasteiger partial charge in [0.1, 0.15) is 0 Å². The number of benzene rings is 4. The monoisotopic (exact) mass is 595 g/mol. The van der Waals surface area contributed by atoms with Crippen molar-refractivity contribution < 1.29 is 14.7 Å². The maximum Gasteiger partial charge on any atom is 0.303 e. The van der Waals surface area contributed by atoms with Gasteiger partial charge >= 0.3 is 5.97 Å². The van der Waals surface area contributed by atoms with Crippen LogP contribution in [0.3, 0.4) is 0 Å². The van der Waals surface area contributed by atoms with Gasteiger partial charge in [-0.25, -0.2) is 0 Å². The van der Waals surface area contributed by atoms with Crippen LogP contribution in [0.5, 0.6) is 0 Å². The number of nitrogens with one attached hydrogen (secondary N) is 2. The molecule has 0 aliphatic carbocycles. The van der Waals surface area contributed by atoms with Gasteiger partial charge in [-0.15, -0.1) is 0 Å². The molecule has 4 aromatic rings. The molecule has 0 fully saturated rings. The average Bonchev–Trinajstić information content (AvgIpc) is 3.26. The summed E-state index contributed by atoms with van der Waals surface area (Å²) in [6, 6.07) is 32.1. The number of aliphatic carboxylic acids is 1. The number of amides is 1. The molecule has 0 saturated carbocycles. The summed E-state index contributed by atoms with van der Waals surface area (Å²) in [4.78, 5) is 26.7. The fraction of sp³-hybridized carbons (Fsp3) is 0.152.